The molecule has 1 aromatic heterocycles. The fourth-order valence-electron chi connectivity index (χ4n) is 3.79. The molecule has 0 bridgehead atoms. The highest BCUT2D eigenvalue weighted by Crippen LogP contribution is 2.38. The Morgan fingerprint density at radius 3 is 2.49 bits per heavy atom. The molecule has 1 N–H and O–H groups in total. The van der Waals surface area contributed by atoms with Crippen LogP contribution in [-0.2, 0) is 4.79 Å². The lowest BCUT2D eigenvalue weighted by Gasteiger charge is -2.15. The third-order valence-corrected chi connectivity index (χ3v) is 6.10. The molecule has 0 spiro atoms. The molecule has 9 nitrogen and oxygen atoms in total. The van der Waals surface area contributed by atoms with Gasteiger partial charge in [-0.2, -0.15) is 9.78 Å². The molecule has 39 heavy (non-hydrogen) atoms. The monoisotopic (exact) mass is 596 g/mol. The Balaban J connectivity index is 1.62. The molecule has 0 atom stereocenters. The van der Waals surface area contributed by atoms with Crippen molar-refractivity contribution in [2.24, 2.45) is 5.10 Å². The van der Waals surface area contributed by atoms with Crippen molar-refractivity contribution in [2.75, 3.05) is 26.1 Å². The number of hydrogen-bond donors (Lipinski definition) is 1. The number of anilines is 1. The largest absolute Gasteiger partial charge is 0.493 e. The third-order valence-electron chi connectivity index (χ3n) is 5.61. The molecule has 3 aromatic carbocycles. The minimum absolute atomic E-state index is 0.0683. The second-order valence-electron chi connectivity index (χ2n) is 8.75. The van der Waals surface area contributed by atoms with Gasteiger partial charge in [0.2, 0.25) is 5.75 Å². The summed E-state index contributed by atoms with van der Waals surface area (Å²) in [6, 6.07) is 14.1. The van der Waals surface area contributed by atoms with Gasteiger partial charge in [-0.3, -0.25) is 9.59 Å². The van der Waals surface area contributed by atoms with E-state index in [0.717, 1.165) is 4.47 Å². The highest BCUT2D eigenvalue weighted by atomic mass is 79.9. The van der Waals surface area contributed by atoms with Crippen molar-refractivity contribution in [3.63, 3.8) is 0 Å². The maximum Gasteiger partial charge on any atom is 0.282 e. The molecule has 0 fully saturated rings. The topological polar surface area (TPSA) is 104 Å². The van der Waals surface area contributed by atoms with Crippen molar-refractivity contribution in [3.05, 3.63) is 86.6 Å². The van der Waals surface area contributed by atoms with E-state index in [4.69, 9.17) is 14.2 Å². The number of aromatic nitrogens is 2. The zero-order valence-corrected chi connectivity index (χ0v) is 23.3. The summed E-state index contributed by atoms with van der Waals surface area (Å²) in [6.45, 7) is 3.49. The minimum Gasteiger partial charge on any atom is -0.493 e. The van der Waals surface area contributed by atoms with E-state index in [1.54, 1.807) is 30.3 Å². The maximum absolute atomic E-state index is 13.4. The smallest absolute Gasteiger partial charge is 0.282 e. The van der Waals surface area contributed by atoms with Crippen LogP contribution in [0.1, 0.15) is 31.2 Å². The molecular weight excluding hydrogens is 571 g/mol. The average molecular weight is 597 g/mol. The summed E-state index contributed by atoms with van der Waals surface area (Å²) in [5.41, 5.74) is 1.14. The number of benzene rings is 3. The molecule has 11 heteroatoms. The molecule has 0 aliphatic rings. The van der Waals surface area contributed by atoms with Crippen LogP contribution in [0.3, 0.4) is 0 Å². The number of methoxy groups -OCH3 is 2. The number of rotatable bonds is 9. The second-order valence-corrected chi connectivity index (χ2v) is 9.67. The molecule has 4 rings (SSSR count). The Labute approximate surface area is 232 Å². The summed E-state index contributed by atoms with van der Waals surface area (Å²) < 4.78 is 32.1. The molecule has 0 radical (unpaired) electrons. The molecule has 202 valence electrons. The van der Waals surface area contributed by atoms with Crippen molar-refractivity contribution in [1.29, 1.82) is 0 Å². The van der Waals surface area contributed by atoms with Crippen LogP contribution < -0.4 is 25.1 Å². The highest BCUT2D eigenvalue weighted by Gasteiger charge is 2.17. The summed E-state index contributed by atoms with van der Waals surface area (Å²) in [7, 11) is 2.89. The number of halogens is 2. The van der Waals surface area contributed by atoms with Crippen LogP contribution in [0.15, 0.2) is 69.0 Å². The number of carbonyl (C=O) groups is 1. The van der Waals surface area contributed by atoms with Gasteiger partial charge in [0.15, 0.2) is 18.1 Å². The van der Waals surface area contributed by atoms with E-state index < -0.39 is 11.7 Å². The van der Waals surface area contributed by atoms with Gasteiger partial charge in [-0.05, 0) is 48.5 Å². The number of amides is 1. The lowest BCUT2D eigenvalue weighted by molar-refractivity contribution is -0.118. The fraction of sp³-hybridized carbons (Fsp3) is 0.214. The van der Waals surface area contributed by atoms with Crippen LogP contribution in [0.25, 0.3) is 10.9 Å². The van der Waals surface area contributed by atoms with E-state index in [-0.39, 0.29) is 35.3 Å². The van der Waals surface area contributed by atoms with E-state index in [2.05, 4.69) is 31.3 Å². The van der Waals surface area contributed by atoms with Crippen LogP contribution in [-0.4, -0.2) is 42.6 Å². The number of fused-ring (bicyclic) bond motifs is 1. The van der Waals surface area contributed by atoms with Crippen LogP contribution in [0.4, 0.5) is 10.1 Å². The molecule has 0 saturated carbocycles. The number of carbonyl (C=O) groups excluding carboxylic acids is 1. The molecule has 1 amide bonds. The molecule has 1 heterocycles. The van der Waals surface area contributed by atoms with E-state index in [9.17, 15) is 14.0 Å². The lowest BCUT2D eigenvalue weighted by atomic mass is 10.2. The first-order valence-corrected chi connectivity index (χ1v) is 12.7. The van der Waals surface area contributed by atoms with Crippen molar-refractivity contribution in [1.82, 2.24) is 9.66 Å². The van der Waals surface area contributed by atoms with E-state index in [1.807, 2.05) is 19.9 Å². The summed E-state index contributed by atoms with van der Waals surface area (Å²) in [6.07, 6.45) is 1.49. The van der Waals surface area contributed by atoms with Gasteiger partial charge in [0, 0.05) is 21.6 Å². The van der Waals surface area contributed by atoms with Gasteiger partial charge in [-0.1, -0.05) is 35.8 Å². The second kappa shape index (κ2) is 12.1. The van der Waals surface area contributed by atoms with Gasteiger partial charge in [0.05, 0.1) is 31.3 Å². The SMILES string of the molecule is COc1cc(C=Nn2c(C(C)C)nc3ccc(Br)cc3c2=O)cc(OC)c1OCC(=O)Nc1cccc(F)c1. The summed E-state index contributed by atoms with van der Waals surface area (Å²) in [4.78, 5) is 30.3. The summed E-state index contributed by atoms with van der Waals surface area (Å²) in [5, 5.41) is 7.44. The standard InChI is InChI=1S/C28H26BrFN4O5/c1-16(2)27-33-22-9-8-18(29)12-21(22)28(36)34(27)31-14-17-10-23(37-3)26(24(11-17)38-4)39-15-25(35)32-20-7-5-6-19(30)13-20/h5-14,16H,15H2,1-4H3,(H,32,35). The third kappa shape index (κ3) is 6.43. The van der Waals surface area contributed by atoms with Crippen molar-refractivity contribution >= 4 is 44.6 Å². The van der Waals surface area contributed by atoms with Gasteiger partial charge < -0.3 is 19.5 Å². The molecule has 0 saturated heterocycles. The first-order valence-electron chi connectivity index (χ1n) is 11.9. The van der Waals surface area contributed by atoms with Gasteiger partial charge in [-0.15, -0.1) is 0 Å². The van der Waals surface area contributed by atoms with Crippen LogP contribution >= 0.6 is 15.9 Å². The van der Waals surface area contributed by atoms with Gasteiger partial charge in [0.25, 0.3) is 11.5 Å². The lowest BCUT2D eigenvalue weighted by Crippen LogP contribution is -2.23. The van der Waals surface area contributed by atoms with E-state index in [1.165, 1.54) is 43.3 Å². The molecule has 0 unspecified atom stereocenters. The number of hydrogen-bond acceptors (Lipinski definition) is 7. The van der Waals surface area contributed by atoms with Crippen molar-refractivity contribution in [3.8, 4) is 17.2 Å². The van der Waals surface area contributed by atoms with Crippen LogP contribution in [0.5, 0.6) is 17.2 Å². The number of ether oxygens (including phenoxy) is 3. The summed E-state index contributed by atoms with van der Waals surface area (Å²) >= 11 is 3.40. The zero-order chi connectivity index (χ0) is 28.1. The Bertz CT molecular complexity index is 1590. The Morgan fingerprint density at radius 1 is 1.13 bits per heavy atom. The Kier molecular flexibility index (Phi) is 8.60. The van der Waals surface area contributed by atoms with Crippen LogP contribution in [0, 0.1) is 5.82 Å². The number of nitrogens with one attached hydrogen (secondary N) is 1. The summed E-state index contributed by atoms with van der Waals surface area (Å²) in [5.74, 6) is 0.243. The average Bonchev–Trinajstić information content (AvgIpc) is 2.91. The van der Waals surface area contributed by atoms with Gasteiger partial charge >= 0.3 is 0 Å². The van der Waals surface area contributed by atoms with Crippen molar-refractivity contribution < 1.29 is 23.4 Å². The molecule has 0 aliphatic heterocycles. The van der Waals surface area contributed by atoms with Crippen LogP contribution in [0.2, 0.25) is 0 Å². The van der Waals surface area contributed by atoms with Crippen molar-refractivity contribution in [2.45, 2.75) is 19.8 Å². The molecule has 0 aliphatic carbocycles. The Morgan fingerprint density at radius 2 is 1.85 bits per heavy atom. The zero-order valence-electron chi connectivity index (χ0n) is 21.7. The first-order chi connectivity index (χ1) is 18.7. The predicted octanol–water partition coefficient (Wildman–Crippen LogP) is 5.34. The quantitative estimate of drug-likeness (QED) is 0.262. The van der Waals surface area contributed by atoms with E-state index in [0.29, 0.717) is 28.0 Å². The van der Waals surface area contributed by atoms with Gasteiger partial charge in [0.1, 0.15) is 11.6 Å². The highest BCUT2D eigenvalue weighted by molar-refractivity contribution is 9.10. The van der Waals surface area contributed by atoms with E-state index >= 15 is 0 Å². The maximum atomic E-state index is 13.4. The minimum atomic E-state index is -0.494. The molecular formula is C28H26BrFN4O5. The Hall–Kier alpha value is -4.25. The number of nitrogens with zero attached hydrogens (tertiary/aromatic N) is 3. The molecule has 4 aromatic rings. The van der Waals surface area contributed by atoms with Gasteiger partial charge in [-0.25, -0.2) is 9.37 Å². The first kappa shape index (κ1) is 27.8. The predicted molar refractivity (Wildman–Crippen MR) is 151 cm³/mol. The normalized spacial score (nSPS) is 11.3. The fourth-order valence-corrected chi connectivity index (χ4v) is 4.15.